The monoisotopic (exact) mass is 253 g/mol. The molecule has 1 unspecified atom stereocenters. The maximum Gasteiger partial charge on any atom is 0.0123 e. The van der Waals surface area contributed by atoms with Crippen molar-refractivity contribution in [3.05, 3.63) is 0 Å². The Morgan fingerprint density at radius 1 is 1.06 bits per heavy atom. The summed E-state index contributed by atoms with van der Waals surface area (Å²) in [4.78, 5) is 0. The summed E-state index contributed by atoms with van der Waals surface area (Å²) in [6.07, 6.45) is 11.3. The summed E-state index contributed by atoms with van der Waals surface area (Å²) in [6, 6.07) is 0.743. The molecular formula is C17H35N. The predicted molar refractivity (Wildman–Crippen MR) is 81.9 cm³/mol. The third kappa shape index (κ3) is 3.98. The highest BCUT2D eigenvalue weighted by molar-refractivity contribution is 4.95. The summed E-state index contributed by atoms with van der Waals surface area (Å²) in [5.74, 6) is 1.74. The van der Waals surface area contributed by atoms with E-state index in [-0.39, 0.29) is 0 Å². The second-order valence-corrected chi connectivity index (χ2v) is 6.93. The van der Waals surface area contributed by atoms with Crippen LogP contribution in [0.2, 0.25) is 0 Å². The van der Waals surface area contributed by atoms with Crippen molar-refractivity contribution in [1.29, 1.82) is 0 Å². The van der Waals surface area contributed by atoms with E-state index in [1.807, 2.05) is 0 Å². The minimum absolute atomic E-state index is 0.603. The average molecular weight is 253 g/mol. The lowest BCUT2D eigenvalue weighted by Crippen LogP contribution is -2.44. The summed E-state index contributed by atoms with van der Waals surface area (Å²) >= 11 is 0. The molecule has 0 saturated heterocycles. The Kier molecular flexibility index (Phi) is 6.70. The zero-order valence-corrected chi connectivity index (χ0v) is 13.4. The second kappa shape index (κ2) is 7.53. The lowest BCUT2D eigenvalue weighted by atomic mass is 9.69. The number of hydrogen-bond donors (Lipinski definition) is 1. The normalized spacial score (nSPS) is 20.8. The fraction of sp³-hybridized carbons (Fsp3) is 1.00. The molecule has 0 heterocycles. The molecule has 108 valence electrons. The summed E-state index contributed by atoms with van der Waals surface area (Å²) in [5, 5.41) is 3.69. The number of hydrogen-bond acceptors (Lipinski definition) is 1. The van der Waals surface area contributed by atoms with Gasteiger partial charge in [0.1, 0.15) is 0 Å². The van der Waals surface area contributed by atoms with Gasteiger partial charge in [0.15, 0.2) is 0 Å². The standard InChI is InChI=1S/C17H35N/c1-6-15(7-2)12-16(18-5)17(13-14(3)4)10-8-9-11-17/h14-16,18H,6-13H2,1-5H3. The quantitative estimate of drug-likeness (QED) is 0.641. The SMILES string of the molecule is CCC(CC)CC(NC)C1(CC(C)C)CCCC1. The van der Waals surface area contributed by atoms with E-state index in [1.165, 1.54) is 51.4 Å². The smallest absolute Gasteiger partial charge is 0.0123 e. The Hall–Kier alpha value is -0.0400. The molecule has 1 saturated carbocycles. The van der Waals surface area contributed by atoms with Crippen molar-refractivity contribution < 1.29 is 0 Å². The van der Waals surface area contributed by atoms with Crippen LogP contribution < -0.4 is 5.32 Å². The Morgan fingerprint density at radius 2 is 1.61 bits per heavy atom. The lowest BCUT2D eigenvalue weighted by molar-refractivity contribution is 0.137. The van der Waals surface area contributed by atoms with Gasteiger partial charge in [-0.15, -0.1) is 0 Å². The number of rotatable bonds is 8. The van der Waals surface area contributed by atoms with Gasteiger partial charge < -0.3 is 5.32 Å². The van der Waals surface area contributed by atoms with E-state index in [0.29, 0.717) is 5.41 Å². The van der Waals surface area contributed by atoms with E-state index in [2.05, 4.69) is 40.1 Å². The van der Waals surface area contributed by atoms with Gasteiger partial charge >= 0.3 is 0 Å². The van der Waals surface area contributed by atoms with Crippen LogP contribution in [0, 0.1) is 17.3 Å². The largest absolute Gasteiger partial charge is 0.316 e. The molecule has 0 aliphatic heterocycles. The molecule has 0 aromatic carbocycles. The zero-order chi connectivity index (χ0) is 13.6. The van der Waals surface area contributed by atoms with Gasteiger partial charge in [0.2, 0.25) is 0 Å². The molecule has 1 N–H and O–H groups in total. The molecule has 0 aromatic heterocycles. The first-order valence-corrected chi connectivity index (χ1v) is 8.25. The maximum atomic E-state index is 3.69. The second-order valence-electron chi connectivity index (χ2n) is 6.93. The third-order valence-electron chi connectivity index (χ3n) is 5.23. The number of nitrogens with one attached hydrogen (secondary N) is 1. The van der Waals surface area contributed by atoms with Crippen molar-refractivity contribution in [2.75, 3.05) is 7.05 Å². The zero-order valence-electron chi connectivity index (χ0n) is 13.4. The molecule has 1 aliphatic rings. The molecule has 1 atom stereocenters. The van der Waals surface area contributed by atoms with Gasteiger partial charge in [-0.05, 0) is 50.0 Å². The van der Waals surface area contributed by atoms with Gasteiger partial charge in [-0.25, -0.2) is 0 Å². The van der Waals surface area contributed by atoms with E-state index < -0.39 is 0 Å². The molecule has 0 spiro atoms. The minimum Gasteiger partial charge on any atom is -0.316 e. The predicted octanol–water partition coefficient (Wildman–Crippen LogP) is 5.01. The van der Waals surface area contributed by atoms with Crippen molar-refractivity contribution in [3.8, 4) is 0 Å². The van der Waals surface area contributed by atoms with Crippen LogP contribution in [-0.4, -0.2) is 13.1 Å². The Morgan fingerprint density at radius 3 is 2.00 bits per heavy atom. The van der Waals surface area contributed by atoms with Crippen LogP contribution in [-0.2, 0) is 0 Å². The van der Waals surface area contributed by atoms with Crippen LogP contribution in [0.5, 0.6) is 0 Å². The summed E-state index contributed by atoms with van der Waals surface area (Å²) < 4.78 is 0. The third-order valence-corrected chi connectivity index (χ3v) is 5.23. The first kappa shape index (κ1) is 16.0. The van der Waals surface area contributed by atoms with Crippen LogP contribution in [0.1, 0.15) is 79.1 Å². The molecule has 1 aliphatic carbocycles. The van der Waals surface area contributed by atoms with Gasteiger partial charge in [-0.2, -0.15) is 0 Å². The molecule has 1 heteroatoms. The highest BCUT2D eigenvalue weighted by atomic mass is 14.9. The lowest BCUT2D eigenvalue weighted by Gasteiger charge is -2.40. The first-order valence-electron chi connectivity index (χ1n) is 8.25. The van der Waals surface area contributed by atoms with Crippen LogP contribution in [0.3, 0.4) is 0 Å². The fourth-order valence-corrected chi connectivity index (χ4v) is 4.22. The van der Waals surface area contributed by atoms with Crippen LogP contribution in [0.25, 0.3) is 0 Å². The van der Waals surface area contributed by atoms with E-state index in [9.17, 15) is 0 Å². The summed E-state index contributed by atoms with van der Waals surface area (Å²) in [5.41, 5.74) is 0.603. The van der Waals surface area contributed by atoms with Crippen molar-refractivity contribution in [1.82, 2.24) is 5.32 Å². The average Bonchev–Trinajstić information content (AvgIpc) is 2.79. The molecule has 0 bridgehead atoms. The maximum absolute atomic E-state index is 3.69. The minimum atomic E-state index is 0.603. The van der Waals surface area contributed by atoms with E-state index in [0.717, 1.165) is 17.9 Å². The van der Waals surface area contributed by atoms with Crippen LogP contribution in [0.15, 0.2) is 0 Å². The molecule has 1 fully saturated rings. The Bertz CT molecular complexity index is 212. The van der Waals surface area contributed by atoms with Crippen LogP contribution >= 0.6 is 0 Å². The van der Waals surface area contributed by atoms with Gasteiger partial charge in [0.25, 0.3) is 0 Å². The highest BCUT2D eigenvalue weighted by Gasteiger charge is 2.41. The summed E-state index contributed by atoms with van der Waals surface area (Å²) in [6.45, 7) is 9.49. The van der Waals surface area contributed by atoms with Gasteiger partial charge in [0.05, 0.1) is 0 Å². The van der Waals surface area contributed by atoms with Crippen molar-refractivity contribution in [2.45, 2.75) is 85.1 Å². The molecule has 0 radical (unpaired) electrons. The van der Waals surface area contributed by atoms with Gasteiger partial charge in [0, 0.05) is 6.04 Å². The fourth-order valence-electron chi connectivity index (χ4n) is 4.22. The van der Waals surface area contributed by atoms with E-state index >= 15 is 0 Å². The van der Waals surface area contributed by atoms with Crippen molar-refractivity contribution >= 4 is 0 Å². The van der Waals surface area contributed by atoms with Crippen LogP contribution in [0.4, 0.5) is 0 Å². The van der Waals surface area contributed by atoms with Crippen molar-refractivity contribution in [3.63, 3.8) is 0 Å². The molecular weight excluding hydrogens is 218 g/mol. The molecule has 1 nitrogen and oxygen atoms in total. The molecule has 1 rings (SSSR count). The topological polar surface area (TPSA) is 12.0 Å². The molecule has 0 amide bonds. The Balaban J connectivity index is 2.74. The van der Waals surface area contributed by atoms with E-state index in [4.69, 9.17) is 0 Å². The van der Waals surface area contributed by atoms with Crippen molar-refractivity contribution in [2.24, 2.45) is 17.3 Å². The first-order chi connectivity index (χ1) is 8.57. The molecule has 18 heavy (non-hydrogen) atoms. The summed E-state index contributed by atoms with van der Waals surface area (Å²) in [7, 11) is 2.19. The molecule has 0 aromatic rings. The van der Waals surface area contributed by atoms with Gasteiger partial charge in [-0.1, -0.05) is 53.4 Å². The highest BCUT2D eigenvalue weighted by Crippen LogP contribution is 2.47. The van der Waals surface area contributed by atoms with E-state index in [1.54, 1.807) is 0 Å². The van der Waals surface area contributed by atoms with Gasteiger partial charge in [-0.3, -0.25) is 0 Å². The Labute approximate surface area is 115 Å².